The van der Waals surface area contributed by atoms with Crippen LogP contribution in [0.15, 0.2) is 12.7 Å². The Hall–Kier alpha value is -0.240. The molecule has 1 rings (SSSR count). The van der Waals surface area contributed by atoms with E-state index in [4.69, 9.17) is 0 Å². The third-order valence-electron chi connectivity index (χ3n) is 2.16. The van der Waals surface area contributed by atoms with E-state index in [1.54, 1.807) is 0 Å². The van der Waals surface area contributed by atoms with E-state index in [2.05, 4.69) is 6.58 Å². The molecule has 1 atom stereocenters. The molecule has 1 aliphatic heterocycles. The first kappa shape index (κ1) is 8.85. The highest BCUT2D eigenvalue weighted by Crippen LogP contribution is 2.18. The summed E-state index contributed by atoms with van der Waals surface area (Å²) in [5.74, 6) is 2.76. The molecule has 11 heavy (non-hydrogen) atoms. The van der Waals surface area contributed by atoms with Crippen LogP contribution in [-0.2, 0) is 15.7 Å². The highest BCUT2D eigenvalue weighted by Gasteiger charge is 2.33. The fourth-order valence-electron chi connectivity index (χ4n) is 1.36. The van der Waals surface area contributed by atoms with Crippen molar-refractivity contribution in [2.75, 3.05) is 11.5 Å². The van der Waals surface area contributed by atoms with Crippen LogP contribution in [0.1, 0.15) is 19.8 Å². The molecule has 0 amide bonds. The predicted octanol–water partition coefficient (Wildman–Crippen LogP) is 1.54. The summed E-state index contributed by atoms with van der Waals surface area (Å²) in [5.41, 5.74) is 0. The Balaban J connectivity index is 2.45. The molecule has 0 spiro atoms. The molecule has 0 aromatic heterocycles. The molecule has 1 saturated heterocycles. The lowest BCUT2D eigenvalue weighted by Gasteiger charge is -2.05. The zero-order valence-corrected chi connectivity index (χ0v) is 7.82. The molecule has 0 N–H and O–H groups in total. The fourth-order valence-corrected chi connectivity index (χ4v) is 3.85. The zero-order chi connectivity index (χ0) is 8.27. The Morgan fingerprint density at radius 3 is 2.55 bits per heavy atom. The lowest BCUT2D eigenvalue weighted by Crippen LogP contribution is -2.27. The first-order chi connectivity index (χ1) is 5.25. The summed E-state index contributed by atoms with van der Waals surface area (Å²) in [6.07, 6.45) is 4.10. The maximum atomic E-state index is 11.2. The molecule has 1 heterocycles. The average molecular weight is 171 g/mol. The van der Waals surface area contributed by atoms with E-state index in [9.17, 15) is 4.79 Å². The largest absolute Gasteiger partial charge is 0.289 e. The molecule has 1 nitrogen and oxygen atoms in total. The first-order valence-corrected chi connectivity index (χ1v) is 5.71. The lowest BCUT2D eigenvalue weighted by molar-refractivity contribution is -0.113. The summed E-state index contributed by atoms with van der Waals surface area (Å²) in [5, 5.41) is 0.245. The number of ketones is 1. The Labute approximate surface area is 71.2 Å². The van der Waals surface area contributed by atoms with Crippen LogP contribution in [0, 0.1) is 0 Å². The molecule has 0 bridgehead atoms. The van der Waals surface area contributed by atoms with Gasteiger partial charge in [0.1, 0.15) is 11.5 Å². The second kappa shape index (κ2) is 3.96. The van der Waals surface area contributed by atoms with Crippen molar-refractivity contribution in [1.82, 2.24) is 0 Å². The second-order valence-electron chi connectivity index (χ2n) is 2.90. The smallest absolute Gasteiger partial charge is 0.206 e. The maximum absolute atomic E-state index is 11.2. The van der Waals surface area contributed by atoms with Crippen molar-refractivity contribution in [3.05, 3.63) is 12.7 Å². The fraction of sp³-hybridized carbons (Fsp3) is 0.667. The molecule has 0 radical (unpaired) electrons. The Morgan fingerprint density at radius 2 is 2.09 bits per heavy atom. The highest BCUT2D eigenvalue weighted by molar-refractivity contribution is 7.98. The molecule has 0 aliphatic carbocycles. The molecule has 1 aliphatic rings. The standard InChI is InChI=1S/C9H15OS/c1-3-9(10)8(2)11-6-4-5-7-11/h3,8H,1,4-7H2,2H3/q+1. The second-order valence-corrected chi connectivity index (χ2v) is 5.50. The summed E-state index contributed by atoms with van der Waals surface area (Å²) in [7, 11) is 0.377. The van der Waals surface area contributed by atoms with Gasteiger partial charge in [-0.05, 0) is 36.7 Å². The number of carbonyl (C=O) groups is 1. The van der Waals surface area contributed by atoms with Gasteiger partial charge in [-0.1, -0.05) is 6.58 Å². The number of allylic oxidation sites excluding steroid dienone is 1. The lowest BCUT2D eigenvalue weighted by atomic mass is 10.3. The van der Waals surface area contributed by atoms with Gasteiger partial charge in [0.2, 0.25) is 5.78 Å². The van der Waals surface area contributed by atoms with Crippen LogP contribution in [0.3, 0.4) is 0 Å². The number of rotatable bonds is 3. The Bertz CT molecular complexity index is 159. The van der Waals surface area contributed by atoms with Crippen LogP contribution in [-0.4, -0.2) is 22.5 Å². The Kier molecular flexibility index (Phi) is 3.18. The summed E-state index contributed by atoms with van der Waals surface area (Å²) >= 11 is 0. The van der Waals surface area contributed by atoms with Crippen LogP contribution in [0.2, 0.25) is 0 Å². The van der Waals surface area contributed by atoms with E-state index in [0.29, 0.717) is 10.9 Å². The van der Waals surface area contributed by atoms with Crippen LogP contribution in [0.5, 0.6) is 0 Å². The topological polar surface area (TPSA) is 17.1 Å². The van der Waals surface area contributed by atoms with E-state index < -0.39 is 0 Å². The highest BCUT2D eigenvalue weighted by atomic mass is 32.2. The van der Waals surface area contributed by atoms with Gasteiger partial charge in [0, 0.05) is 0 Å². The van der Waals surface area contributed by atoms with Crippen LogP contribution < -0.4 is 0 Å². The van der Waals surface area contributed by atoms with E-state index in [0.717, 1.165) is 0 Å². The molecular formula is C9H15OS+. The van der Waals surface area contributed by atoms with Crippen LogP contribution >= 0.6 is 0 Å². The molecule has 62 valence electrons. The summed E-state index contributed by atoms with van der Waals surface area (Å²) in [6.45, 7) is 5.55. The van der Waals surface area contributed by atoms with Gasteiger partial charge in [0.15, 0.2) is 5.25 Å². The van der Waals surface area contributed by atoms with E-state index in [1.807, 2.05) is 6.92 Å². The molecule has 1 fully saturated rings. The predicted molar refractivity (Wildman–Crippen MR) is 51.0 cm³/mol. The number of hydrogen-bond donors (Lipinski definition) is 0. The van der Waals surface area contributed by atoms with Crippen molar-refractivity contribution in [3.8, 4) is 0 Å². The normalized spacial score (nSPS) is 21.5. The molecule has 0 aromatic rings. The molecular weight excluding hydrogens is 156 g/mol. The van der Waals surface area contributed by atoms with Crippen molar-refractivity contribution < 1.29 is 4.79 Å². The average Bonchev–Trinajstić information content (AvgIpc) is 2.53. The zero-order valence-electron chi connectivity index (χ0n) is 7.01. The van der Waals surface area contributed by atoms with Gasteiger partial charge >= 0.3 is 0 Å². The third-order valence-corrected chi connectivity index (χ3v) is 5.02. The SMILES string of the molecule is C=CC(=O)C(C)[S+]1CCCC1. The van der Waals surface area contributed by atoms with E-state index >= 15 is 0 Å². The van der Waals surface area contributed by atoms with Crippen LogP contribution in [0.4, 0.5) is 0 Å². The number of carbonyl (C=O) groups excluding carboxylic acids is 1. The van der Waals surface area contributed by atoms with Gasteiger partial charge in [-0.25, -0.2) is 0 Å². The van der Waals surface area contributed by atoms with Crippen molar-refractivity contribution >= 4 is 16.7 Å². The van der Waals surface area contributed by atoms with Gasteiger partial charge < -0.3 is 0 Å². The van der Waals surface area contributed by atoms with E-state index in [-0.39, 0.29) is 11.0 Å². The summed E-state index contributed by atoms with van der Waals surface area (Å²) in [6, 6.07) is 0. The number of hydrogen-bond acceptors (Lipinski definition) is 1. The van der Waals surface area contributed by atoms with Gasteiger partial charge in [0.05, 0.1) is 0 Å². The molecule has 2 heteroatoms. The van der Waals surface area contributed by atoms with Crippen molar-refractivity contribution in [1.29, 1.82) is 0 Å². The summed E-state index contributed by atoms with van der Waals surface area (Å²) < 4.78 is 0. The maximum Gasteiger partial charge on any atom is 0.206 e. The van der Waals surface area contributed by atoms with Crippen LogP contribution in [0.25, 0.3) is 0 Å². The molecule has 0 saturated carbocycles. The van der Waals surface area contributed by atoms with Gasteiger partial charge in [-0.15, -0.1) is 0 Å². The Morgan fingerprint density at radius 1 is 1.55 bits per heavy atom. The summed E-state index contributed by atoms with van der Waals surface area (Å²) in [4.78, 5) is 11.2. The van der Waals surface area contributed by atoms with E-state index in [1.165, 1.54) is 30.4 Å². The van der Waals surface area contributed by atoms with Gasteiger partial charge in [-0.3, -0.25) is 4.79 Å². The van der Waals surface area contributed by atoms with Crippen molar-refractivity contribution in [2.45, 2.75) is 25.0 Å². The molecule has 1 unspecified atom stereocenters. The van der Waals surface area contributed by atoms with Gasteiger partial charge in [0.25, 0.3) is 0 Å². The quantitative estimate of drug-likeness (QED) is 0.465. The van der Waals surface area contributed by atoms with Crippen molar-refractivity contribution in [3.63, 3.8) is 0 Å². The third kappa shape index (κ3) is 2.09. The monoisotopic (exact) mass is 171 g/mol. The molecule has 0 aromatic carbocycles. The minimum absolute atomic E-state index is 0.232. The van der Waals surface area contributed by atoms with Crippen molar-refractivity contribution in [2.24, 2.45) is 0 Å². The van der Waals surface area contributed by atoms with Gasteiger partial charge in [-0.2, -0.15) is 0 Å². The first-order valence-electron chi connectivity index (χ1n) is 4.08. The minimum atomic E-state index is 0.232. The minimum Gasteiger partial charge on any atom is -0.289 e.